The lowest BCUT2D eigenvalue weighted by atomic mass is 10.0. The Bertz CT molecular complexity index is 576. The maximum Gasteiger partial charge on any atom is 0.168 e. The van der Waals surface area contributed by atoms with Gasteiger partial charge in [0.05, 0.1) is 5.56 Å². The third kappa shape index (κ3) is 3.26. The number of carbonyl (C=O) groups is 1. The molecule has 2 rings (SSSR count). The molecule has 1 nitrogen and oxygen atoms in total. The average Bonchev–Trinajstić information content (AvgIpc) is 2.87. The summed E-state index contributed by atoms with van der Waals surface area (Å²) in [6.45, 7) is 1.53. The fourth-order valence-corrected chi connectivity index (χ4v) is 2.67. The fraction of sp³-hybridized carbons (Fsp3) is 0.267. The molecule has 0 N–H and O–H groups in total. The molecule has 0 aliphatic heterocycles. The van der Waals surface area contributed by atoms with Crippen molar-refractivity contribution in [1.29, 1.82) is 0 Å². The summed E-state index contributed by atoms with van der Waals surface area (Å²) >= 11 is 1.62. The van der Waals surface area contributed by atoms with Crippen molar-refractivity contribution in [3.05, 3.63) is 57.3 Å². The number of hydrogen-bond acceptors (Lipinski definition) is 2. The zero-order valence-electron chi connectivity index (χ0n) is 10.6. The topological polar surface area (TPSA) is 17.1 Å². The standard InChI is InChI=1S/C15H14F2OS/c1-10-7-8-12(16)14(15(10)17)13(18)6-2-4-11-5-3-9-19-11/h3,5,7-9H,2,4,6H2,1H3. The molecule has 100 valence electrons. The first-order valence-electron chi connectivity index (χ1n) is 6.10. The summed E-state index contributed by atoms with van der Waals surface area (Å²) in [4.78, 5) is 13.1. The van der Waals surface area contributed by atoms with E-state index in [0.29, 0.717) is 12.0 Å². The Morgan fingerprint density at radius 1 is 1.26 bits per heavy atom. The molecule has 0 unspecified atom stereocenters. The van der Waals surface area contributed by atoms with Crippen LogP contribution in [0.3, 0.4) is 0 Å². The lowest BCUT2D eigenvalue weighted by Crippen LogP contribution is -2.07. The van der Waals surface area contributed by atoms with E-state index < -0.39 is 23.0 Å². The summed E-state index contributed by atoms with van der Waals surface area (Å²) < 4.78 is 27.3. The Balaban J connectivity index is 2.02. The van der Waals surface area contributed by atoms with Crippen molar-refractivity contribution < 1.29 is 13.6 Å². The molecular weight excluding hydrogens is 266 g/mol. The molecule has 0 atom stereocenters. The van der Waals surface area contributed by atoms with Gasteiger partial charge in [-0.25, -0.2) is 8.78 Å². The van der Waals surface area contributed by atoms with Crippen molar-refractivity contribution in [1.82, 2.24) is 0 Å². The highest BCUT2D eigenvalue weighted by molar-refractivity contribution is 7.09. The molecule has 0 spiro atoms. The van der Waals surface area contributed by atoms with E-state index in [1.165, 1.54) is 17.9 Å². The van der Waals surface area contributed by atoms with Gasteiger partial charge in [0.1, 0.15) is 11.6 Å². The third-order valence-electron chi connectivity index (χ3n) is 2.97. The van der Waals surface area contributed by atoms with Gasteiger partial charge in [-0.2, -0.15) is 0 Å². The average molecular weight is 280 g/mol. The zero-order valence-corrected chi connectivity index (χ0v) is 11.4. The highest BCUT2D eigenvalue weighted by atomic mass is 32.1. The number of Topliss-reactive ketones (excluding diaryl/α,β-unsaturated/α-hetero) is 1. The van der Waals surface area contributed by atoms with E-state index in [2.05, 4.69) is 0 Å². The van der Waals surface area contributed by atoms with Gasteiger partial charge in [-0.1, -0.05) is 12.1 Å². The van der Waals surface area contributed by atoms with Crippen LogP contribution in [0.4, 0.5) is 8.78 Å². The van der Waals surface area contributed by atoms with E-state index in [1.54, 1.807) is 11.3 Å². The SMILES string of the molecule is Cc1ccc(F)c(C(=O)CCCc2cccs2)c1F. The van der Waals surface area contributed by atoms with E-state index in [-0.39, 0.29) is 6.42 Å². The molecule has 0 saturated carbocycles. The highest BCUT2D eigenvalue weighted by Gasteiger charge is 2.18. The van der Waals surface area contributed by atoms with Gasteiger partial charge in [0, 0.05) is 11.3 Å². The Morgan fingerprint density at radius 3 is 2.74 bits per heavy atom. The minimum Gasteiger partial charge on any atom is -0.294 e. The highest BCUT2D eigenvalue weighted by Crippen LogP contribution is 2.20. The molecule has 0 aliphatic rings. The number of carbonyl (C=O) groups excluding carboxylic acids is 1. The predicted octanol–water partition coefficient (Wildman–Crippen LogP) is 4.54. The van der Waals surface area contributed by atoms with Crippen LogP contribution in [0.2, 0.25) is 0 Å². The van der Waals surface area contributed by atoms with Gasteiger partial charge in [-0.15, -0.1) is 11.3 Å². The number of halogens is 2. The van der Waals surface area contributed by atoms with Crippen LogP contribution in [0.1, 0.15) is 33.6 Å². The molecule has 4 heteroatoms. The van der Waals surface area contributed by atoms with Crippen LogP contribution < -0.4 is 0 Å². The third-order valence-corrected chi connectivity index (χ3v) is 3.91. The van der Waals surface area contributed by atoms with Crippen LogP contribution in [-0.2, 0) is 6.42 Å². The van der Waals surface area contributed by atoms with Crippen molar-refractivity contribution >= 4 is 17.1 Å². The molecule has 0 bridgehead atoms. The summed E-state index contributed by atoms with van der Waals surface area (Å²) in [5.41, 5.74) is -0.103. The monoisotopic (exact) mass is 280 g/mol. The van der Waals surface area contributed by atoms with Gasteiger partial charge in [0.25, 0.3) is 0 Å². The fourth-order valence-electron chi connectivity index (χ4n) is 1.92. The quantitative estimate of drug-likeness (QED) is 0.735. The van der Waals surface area contributed by atoms with Crippen LogP contribution in [0.5, 0.6) is 0 Å². The molecule has 1 aromatic carbocycles. The molecule has 0 fully saturated rings. The lowest BCUT2D eigenvalue weighted by molar-refractivity contribution is 0.0972. The zero-order chi connectivity index (χ0) is 13.8. The van der Waals surface area contributed by atoms with Crippen LogP contribution in [0, 0.1) is 18.6 Å². The first kappa shape index (κ1) is 13.9. The molecule has 19 heavy (non-hydrogen) atoms. The van der Waals surface area contributed by atoms with Crippen LogP contribution in [0.25, 0.3) is 0 Å². The number of rotatable bonds is 5. The van der Waals surface area contributed by atoms with Gasteiger partial charge in [0.15, 0.2) is 5.78 Å². The normalized spacial score (nSPS) is 10.7. The van der Waals surface area contributed by atoms with Gasteiger partial charge in [0.2, 0.25) is 0 Å². The second-order valence-electron chi connectivity index (χ2n) is 4.41. The molecule has 0 amide bonds. The van der Waals surface area contributed by atoms with E-state index in [4.69, 9.17) is 0 Å². The summed E-state index contributed by atoms with van der Waals surface area (Å²) in [7, 11) is 0. The maximum atomic E-state index is 13.8. The van der Waals surface area contributed by atoms with Crippen molar-refractivity contribution in [3.63, 3.8) is 0 Å². The van der Waals surface area contributed by atoms with Crippen molar-refractivity contribution in [2.24, 2.45) is 0 Å². The number of aryl methyl sites for hydroxylation is 2. The Hall–Kier alpha value is -1.55. The largest absolute Gasteiger partial charge is 0.294 e. The van der Waals surface area contributed by atoms with E-state index in [9.17, 15) is 13.6 Å². The van der Waals surface area contributed by atoms with E-state index in [0.717, 1.165) is 12.5 Å². The number of benzene rings is 1. The summed E-state index contributed by atoms with van der Waals surface area (Å²) in [6.07, 6.45) is 1.53. The van der Waals surface area contributed by atoms with Gasteiger partial charge < -0.3 is 0 Å². The minimum atomic E-state index is -0.774. The second kappa shape index (κ2) is 6.06. The lowest BCUT2D eigenvalue weighted by Gasteiger charge is -2.06. The van der Waals surface area contributed by atoms with E-state index in [1.807, 2.05) is 17.5 Å². The Morgan fingerprint density at radius 2 is 2.05 bits per heavy atom. The number of thiophene rings is 1. The molecule has 2 aromatic rings. The minimum absolute atomic E-state index is 0.162. The van der Waals surface area contributed by atoms with Gasteiger partial charge in [-0.05, 0) is 42.8 Å². The number of hydrogen-bond donors (Lipinski definition) is 0. The maximum absolute atomic E-state index is 13.8. The van der Waals surface area contributed by atoms with E-state index >= 15 is 0 Å². The first-order chi connectivity index (χ1) is 9.09. The smallest absolute Gasteiger partial charge is 0.168 e. The van der Waals surface area contributed by atoms with Crippen LogP contribution in [-0.4, -0.2) is 5.78 Å². The summed E-state index contributed by atoms with van der Waals surface area (Å²) in [5.74, 6) is -1.97. The first-order valence-corrected chi connectivity index (χ1v) is 6.97. The van der Waals surface area contributed by atoms with Crippen molar-refractivity contribution in [2.45, 2.75) is 26.2 Å². The summed E-state index contributed by atoms with van der Waals surface area (Å²) in [5, 5.41) is 1.97. The van der Waals surface area contributed by atoms with Crippen LogP contribution in [0.15, 0.2) is 29.6 Å². The van der Waals surface area contributed by atoms with Gasteiger partial charge in [-0.3, -0.25) is 4.79 Å². The molecule has 1 aromatic heterocycles. The predicted molar refractivity (Wildman–Crippen MR) is 72.7 cm³/mol. The second-order valence-corrected chi connectivity index (χ2v) is 5.44. The molecular formula is C15H14F2OS. The van der Waals surface area contributed by atoms with Gasteiger partial charge >= 0.3 is 0 Å². The molecule has 0 saturated heterocycles. The van der Waals surface area contributed by atoms with Crippen LogP contribution >= 0.6 is 11.3 Å². The molecule has 1 heterocycles. The number of ketones is 1. The van der Waals surface area contributed by atoms with Crippen molar-refractivity contribution in [2.75, 3.05) is 0 Å². The Kier molecular flexibility index (Phi) is 4.43. The molecule has 0 radical (unpaired) electrons. The molecule has 0 aliphatic carbocycles. The van der Waals surface area contributed by atoms with Crippen molar-refractivity contribution in [3.8, 4) is 0 Å². The Labute approximate surface area is 114 Å². The summed E-state index contributed by atoms with van der Waals surface area (Å²) in [6, 6.07) is 6.42.